The van der Waals surface area contributed by atoms with Crippen molar-refractivity contribution in [3.63, 3.8) is 0 Å². The molecule has 0 spiro atoms. The number of hydrogen-bond acceptors (Lipinski definition) is 4. The number of ether oxygens (including phenoxy) is 1. The average molecular weight is 382 g/mol. The van der Waals surface area contributed by atoms with Crippen LogP contribution in [0, 0.1) is 17.5 Å². The van der Waals surface area contributed by atoms with Crippen molar-refractivity contribution in [3.05, 3.63) is 52.6 Å². The van der Waals surface area contributed by atoms with Gasteiger partial charge in [0.25, 0.3) is 0 Å². The standard InChI is InChI=1S/C18H21F3N4O2/c1-27-11-17(26)22-8-13-7-14-10-24(3-2-4-25(14)23-13)9-12-5-15(19)18(21)16(20)6-12/h5-7H,2-4,8-11H2,1H3,(H,22,26). The van der Waals surface area contributed by atoms with Gasteiger partial charge in [-0.2, -0.15) is 5.10 Å². The van der Waals surface area contributed by atoms with E-state index < -0.39 is 17.5 Å². The van der Waals surface area contributed by atoms with Crippen molar-refractivity contribution < 1.29 is 22.7 Å². The lowest BCUT2D eigenvalue weighted by molar-refractivity contribution is -0.124. The predicted molar refractivity (Wildman–Crippen MR) is 91.0 cm³/mol. The number of aryl methyl sites for hydroxylation is 1. The minimum absolute atomic E-state index is 0.00780. The Labute approximate surface area is 154 Å². The van der Waals surface area contributed by atoms with Crippen molar-refractivity contribution in [1.29, 1.82) is 0 Å². The molecule has 146 valence electrons. The number of hydrogen-bond donors (Lipinski definition) is 1. The first-order valence-corrected chi connectivity index (χ1v) is 8.63. The van der Waals surface area contributed by atoms with Gasteiger partial charge >= 0.3 is 0 Å². The Hall–Kier alpha value is -2.39. The first kappa shape index (κ1) is 19.4. The zero-order valence-electron chi connectivity index (χ0n) is 15.0. The monoisotopic (exact) mass is 382 g/mol. The van der Waals surface area contributed by atoms with E-state index in [9.17, 15) is 18.0 Å². The molecule has 1 aromatic carbocycles. The van der Waals surface area contributed by atoms with Crippen LogP contribution >= 0.6 is 0 Å². The SMILES string of the molecule is COCC(=O)NCc1cc2n(n1)CCCN(Cc1cc(F)c(F)c(F)c1)C2. The molecule has 0 fully saturated rings. The van der Waals surface area contributed by atoms with E-state index >= 15 is 0 Å². The van der Waals surface area contributed by atoms with E-state index in [2.05, 4.69) is 10.4 Å². The van der Waals surface area contributed by atoms with Crippen LogP contribution in [-0.4, -0.2) is 40.8 Å². The molecule has 1 amide bonds. The van der Waals surface area contributed by atoms with E-state index in [0.29, 0.717) is 31.7 Å². The molecular weight excluding hydrogens is 361 g/mol. The fourth-order valence-corrected chi connectivity index (χ4v) is 3.14. The molecule has 9 heteroatoms. The summed E-state index contributed by atoms with van der Waals surface area (Å²) in [7, 11) is 1.45. The molecule has 1 aromatic heterocycles. The summed E-state index contributed by atoms with van der Waals surface area (Å²) in [6, 6.07) is 3.95. The van der Waals surface area contributed by atoms with Crippen LogP contribution in [0.25, 0.3) is 0 Å². The number of nitrogens with one attached hydrogen (secondary N) is 1. The Morgan fingerprint density at radius 1 is 1.22 bits per heavy atom. The van der Waals surface area contributed by atoms with Crippen LogP contribution in [0.4, 0.5) is 13.2 Å². The number of carbonyl (C=O) groups is 1. The molecule has 1 aliphatic rings. The molecule has 0 saturated carbocycles. The first-order valence-electron chi connectivity index (χ1n) is 8.63. The number of rotatable bonds is 6. The predicted octanol–water partition coefficient (Wildman–Crippen LogP) is 1.97. The summed E-state index contributed by atoms with van der Waals surface area (Å²) in [5.41, 5.74) is 2.06. The minimum atomic E-state index is -1.45. The Kier molecular flexibility index (Phi) is 6.12. The molecule has 1 N–H and O–H groups in total. The van der Waals surface area contributed by atoms with E-state index in [1.54, 1.807) is 0 Å². The highest BCUT2D eigenvalue weighted by atomic mass is 19.2. The summed E-state index contributed by atoms with van der Waals surface area (Å²) >= 11 is 0. The zero-order valence-corrected chi connectivity index (χ0v) is 15.0. The molecule has 0 atom stereocenters. The summed E-state index contributed by atoms with van der Waals surface area (Å²) in [6.07, 6.45) is 0.816. The number of benzene rings is 1. The van der Waals surface area contributed by atoms with Gasteiger partial charge in [0, 0.05) is 33.3 Å². The number of nitrogens with zero attached hydrogens (tertiary/aromatic N) is 3. The molecule has 2 aromatic rings. The van der Waals surface area contributed by atoms with E-state index in [1.807, 2.05) is 15.6 Å². The second-order valence-electron chi connectivity index (χ2n) is 6.50. The normalized spacial score (nSPS) is 14.7. The van der Waals surface area contributed by atoms with Crippen LogP contribution in [0.3, 0.4) is 0 Å². The van der Waals surface area contributed by atoms with Crippen LogP contribution < -0.4 is 5.32 Å². The van der Waals surface area contributed by atoms with Gasteiger partial charge in [-0.3, -0.25) is 14.4 Å². The topological polar surface area (TPSA) is 59.4 Å². The van der Waals surface area contributed by atoms with Crippen LogP contribution in [-0.2, 0) is 35.7 Å². The van der Waals surface area contributed by atoms with Crippen molar-refractivity contribution in [1.82, 2.24) is 20.0 Å². The van der Waals surface area contributed by atoms with Crippen molar-refractivity contribution in [2.45, 2.75) is 32.6 Å². The first-order chi connectivity index (χ1) is 13.0. The smallest absolute Gasteiger partial charge is 0.246 e. The molecule has 6 nitrogen and oxygen atoms in total. The summed E-state index contributed by atoms with van der Waals surface area (Å²) in [5.74, 6) is -4.03. The molecule has 2 heterocycles. The molecule has 27 heavy (non-hydrogen) atoms. The third kappa shape index (κ3) is 4.86. The lowest BCUT2D eigenvalue weighted by Gasteiger charge is -2.19. The van der Waals surface area contributed by atoms with E-state index in [4.69, 9.17) is 4.74 Å². The molecule has 0 bridgehead atoms. The number of halogens is 3. The number of fused-ring (bicyclic) bond motifs is 1. The van der Waals surface area contributed by atoms with Gasteiger partial charge < -0.3 is 10.1 Å². The number of amides is 1. The van der Waals surface area contributed by atoms with Gasteiger partial charge in [-0.05, 0) is 30.2 Å². The summed E-state index contributed by atoms with van der Waals surface area (Å²) < 4.78 is 46.6. The molecule has 0 unspecified atom stereocenters. The lowest BCUT2D eigenvalue weighted by atomic mass is 10.2. The van der Waals surface area contributed by atoms with Gasteiger partial charge in [-0.1, -0.05) is 0 Å². The molecule has 0 aliphatic carbocycles. The number of carbonyl (C=O) groups excluding carboxylic acids is 1. The zero-order chi connectivity index (χ0) is 19.4. The van der Waals surface area contributed by atoms with Crippen molar-refractivity contribution in [2.75, 3.05) is 20.3 Å². The van der Waals surface area contributed by atoms with Gasteiger partial charge in [0.1, 0.15) is 6.61 Å². The second kappa shape index (κ2) is 8.53. The van der Waals surface area contributed by atoms with Gasteiger partial charge in [-0.15, -0.1) is 0 Å². The van der Waals surface area contributed by atoms with Crippen LogP contribution in [0.1, 0.15) is 23.4 Å². The molecule has 0 radical (unpaired) electrons. The Bertz CT molecular complexity index is 802. The maximum atomic E-state index is 13.4. The lowest BCUT2D eigenvalue weighted by Crippen LogP contribution is -2.26. The van der Waals surface area contributed by atoms with Gasteiger partial charge in [0.05, 0.1) is 17.9 Å². The van der Waals surface area contributed by atoms with Crippen molar-refractivity contribution in [3.8, 4) is 0 Å². The number of methoxy groups -OCH3 is 1. The number of aromatic nitrogens is 2. The third-order valence-corrected chi connectivity index (χ3v) is 4.34. The van der Waals surface area contributed by atoms with Crippen molar-refractivity contribution in [2.24, 2.45) is 0 Å². The second-order valence-corrected chi connectivity index (χ2v) is 6.50. The fourth-order valence-electron chi connectivity index (χ4n) is 3.14. The van der Waals surface area contributed by atoms with Gasteiger partial charge in [0.15, 0.2) is 17.5 Å². The quantitative estimate of drug-likeness (QED) is 0.776. The summed E-state index contributed by atoms with van der Waals surface area (Å²) in [4.78, 5) is 13.5. The molecule has 0 saturated heterocycles. The third-order valence-electron chi connectivity index (χ3n) is 4.34. The molecular formula is C18H21F3N4O2. The average Bonchev–Trinajstić information content (AvgIpc) is 2.90. The molecule has 1 aliphatic heterocycles. The Morgan fingerprint density at radius 2 is 1.96 bits per heavy atom. The van der Waals surface area contributed by atoms with E-state index in [-0.39, 0.29) is 12.5 Å². The van der Waals surface area contributed by atoms with Crippen LogP contribution in [0.5, 0.6) is 0 Å². The minimum Gasteiger partial charge on any atom is -0.375 e. The van der Waals surface area contributed by atoms with Crippen LogP contribution in [0.2, 0.25) is 0 Å². The highest BCUT2D eigenvalue weighted by molar-refractivity contribution is 5.77. The maximum Gasteiger partial charge on any atom is 0.246 e. The maximum absolute atomic E-state index is 13.4. The van der Waals surface area contributed by atoms with Crippen LogP contribution in [0.15, 0.2) is 18.2 Å². The van der Waals surface area contributed by atoms with Gasteiger partial charge in [0.2, 0.25) is 5.91 Å². The fraction of sp³-hybridized carbons (Fsp3) is 0.444. The highest BCUT2D eigenvalue weighted by Gasteiger charge is 2.19. The Balaban J connectivity index is 1.66. The Morgan fingerprint density at radius 3 is 2.67 bits per heavy atom. The van der Waals surface area contributed by atoms with Crippen molar-refractivity contribution >= 4 is 5.91 Å². The largest absolute Gasteiger partial charge is 0.375 e. The van der Waals surface area contributed by atoms with E-state index in [0.717, 1.165) is 36.5 Å². The molecule has 3 rings (SSSR count). The van der Waals surface area contributed by atoms with E-state index in [1.165, 1.54) is 7.11 Å². The summed E-state index contributed by atoms with van der Waals surface area (Å²) in [5, 5.41) is 7.21. The highest BCUT2D eigenvalue weighted by Crippen LogP contribution is 2.19. The van der Waals surface area contributed by atoms with Gasteiger partial charge in [-0.25, -0.2) is 13.2 Å². The summed E-state index contributed by atoms with van der Waals surface area (Å²) in [6.45, 7) is 2.58.